The van der Waals surface area contributed by atoms with E-state index in [4.69, 9.17) is 5.11 Å². The quantitative estimate of drug-likeness (QED) is 0.576. The second-order valence-corrected chi connectivity index (χ2v) is 1.53. The van der Waals surface area contributed by atoms with Gasteiger partial charge in [0.1, 0.15) is 0 Å². The van der Waals surface area contributed by atoms with Gasteiger partial charge in [-0.25, -0.2) is 0 Å². The molecular weight excluding hydrogens is 128 g/mol. The van der Waals surface area contributed by atoms with Crippen LogP contribution < -0.4 is 6.15 Å². The first-order chi connectivity index (χ1) is 2.77. The molecule has 0 amide bonds. The minimum Gasteiger partial charge on any atom is -0.395 e. The predicted molar refractivity (Wildman–Crippen MR) is 37.9 cm³/mol. The van der Waals surface area contributed by atoms with Gasteiger partial charge >= 0.3 is 0 Å². The lowest BCUT2D eigenvalue weighted by Crippen LogP contribution is -2.15. The lowest BCUT2D eigenvalue weighted by atomic mass is 10.6. The Morgan fingerprint density at radius 2 is 1.75 bits per heavy atom. The maximum Gasteiger partial charge on any atom is 0.0558 e. The third kappa shape index (κ3) is 16.4. The zero-order valence-corrected chi connectivity index (χ0v) is 6.24. The number of rotatable bonds is 2. The number of hydrogen-bond donors (Lipinski definition) is 2. The summed E-state index contributed by atoms with van der Waals surface area (Å²) in [6.45, 7) is 1.02. The van der Waals surface area contributed by atoms with E-state index in [0.717, 1.165) is 6.54 Å². The molecule has 0 aliphatic heterocycles. The Kier molecular flexibility index (Phi) is 20.1. The molecule has 0 aromatic carbocycles. The summed E-state index contributed by atoms with van der Waals surface area (Å²) in [5.74, 6) is 0. The van der Waals surface area contributed by atoms with Gasteiger partial charge in [-0.15, -0.1) is 12.4 Å². The van der Waals surface area contributed by atoms with Crippen LogP contribution in [0.5, 0.6) is 0 Å². The summed E-state index contributed by atoms with van der Waals surface area (Å²) in [7, 11) is 3.85. The van der Waals surface area contributed by atoms with Gasteiger partial charge in [0.15, 0.2) is 0 Å². The zero-order chi connectivity index (χ0) is 4.99. The number of aliphatic hydroxyl groups is 1. The van der Waals surface area contributed by atoms with Crippen molar-refractivity contribution in [2.45, 2.75) is 0 Å². The average molecular weight is 143 g/mol. The molecule has 0 bridgehead atoms. The minimum atomic E-state index is 0. The normalized spacial score (nSPS) is 7.50. The second kappa shape index (κ2) is 10.2. The average Bonchev–Trinajstić information content (AvgIpc) is 1.35. The van der Waals surface area contributed by atoms with E-state index in [1.807, 2.05) is 19.0 Å². The van der Waals surface area contributed by atoms with Gasteiger partial charge in [0, 0.05) is 6.54 Å². The van der Waals surface area contributed by atoms with Crippen LogP contribution in [0.3, 0.4) is 0 Å². The maximum absolute atomic E-state index is 8.20. The van der Waals surface area contributed by atoms with E-state index in [-0.39, 0.29) is 25.2 Å². The van der Waals surface area contributed by atoms with Crippen LogP contribution in [0.2, 0.25) is 0 Å². The van der Waals surface area contributed by atoms with Gasteiger partial charge in [0.25, 0.3) is 0 Å². The number of hydrogen-bond acceptors (Lipinski definition) is 3. The number of halogens is 1. The van der Waals surface area contributed by atoms with E-state index >= 15 is 0 Å². The number of aliphatic hydroxyl groups excluding tert-OH is 1. The third-order valence-corrected chi connectivity index (χ3v) is 0.547. The summed E-state index contributed by atoms with van der Waals surface area (Å²) < 4.78 is 0. The summed E-state index contributed by atoms with van der Waals surface area (Å²) in [5, 5.41) is 8.20. The van der Waals surface area contributed by atoms with Crippen molar-refractivity contribution in [2.24, 2.45) is 0 Å². The van der Waals surface area contributed by atoms with Crippen LogP contribution in [0.1, 0.15) is 0 Å². The fraction of sp³-hybridized carbons (Fsp3) is 1.00. The Hall–Kier alpha value is 0.170. The van der Waals surface area contributed by atoms with E-state index in [2.05, 4.69) is 0 Å². The molecule has 4 heteroatoms. The molecule has 0 saturated heterocycles. The molecular formula is C4H15ClN2O. The number of likely N-dealkylation sites (N-methyl/N-ethyl adjacent to an activating group) is 1. The SMILES string of the molecule is CN(C)CCO.Cl.N. The highest BCUT2D eigenvalue weighted by atomic mass is 35.5. The highest BCUT2D eigenvalue weighted by Gasteiger charge is 1.80. The topological polar surface area (TPSA) is 58.5 Å². The zero-order valence-electron chi connectivity index (χ0n) is 5.42. The molecule has 0 fully saturated rings. The van der Waals surface area contributed by atoms with Crippen molar-refractivity contribution >= 4 is 12.4 Å². The fourth-order valence-electron chi connectivity index (χ4n) is 0.200. The molecule has 8 heavy (non-hydrogen) atoms. The molecule has 0 radical (unpaired) electrons. The molecule has 3 nitrogen and oxygen atoms in total. The first-order valence-electron chi connectivity index (χ1n) is 2.03. The molecule has 0 aromatic heterocycles. The highest BCUT2D eigenvalue weighted by molar-refractivity contribution is 5.85. The molecule has 0 rings (SSSR count). The molecule has 54 valence electrons. The van der Waals surface area contributed by atoms with Crippen LogP contribution in [0.4, 0.5) is 0 Å². The molecule has 0 atom stereocenters. The third-order valence-electron chi connectivity index (χ3n) is 0.547. The van der Waals surface area contributed by atoms with Crippen LogP contribution >= 0.6 is 12.4 Å². The second-order valence-electron chi connectivity index (χ2n) is 1.53. The van der Waals surface area contributed by atoms with Crippen molar-refractivity contribution in [3.05, 3.63) is 0 Å². The van der Waals surface area contributed by atoms with Gasteiger partial charge in [0.05, 0.1) is 6.61 Å². The van der Waals surface area contributed by atoms with E-state index in [1.54, 1.807) is 0 Å². The molecule has 0 saturated carbocycles. The first-order valence-corrected chi connectivity index (χ1v) is 2.03. The Labute approximate surface area is 56.7 Å². The lowest BCUT2D eigenvalue weighted by Gasteiger charge is -2.03. The maximum atomic E-state index is 8.20. The van der Waals surface area contributed by atoms with Crippen molar-refractivity contribution in [2.75, 3.05) is 27.2 Å². The van der Waals surface area contributed by atoms with Crippen LogP contribution in [0, 0.1) is 0 Å². The Morgan fingerprint density at radius 3 is 1.75 bits per heavy atom. The minimum absolute atomic E-state index is 0. The van der Waals surface area contributed by atoms with Gasteiger partial charge in [-0.05, 0) is 14.1 Å². The summed E-state index contributed by atoms with van der Waals surface area (Å²) in [4.78, 5) is 1.93. The molecule has 0 aliphatic rings. The van der Waals surface area contributed by atoms with Gasteiger partial charge in [-0.2, -0.15) is 0 Å². The summed E-state index contributed by atoms with van der Waals surface area (Å²) in [5.41, 5.74) is 0. The Morgan fingerprint density at radius 1 is 1.38 bits per heavy atom. The summed E-state index contributed by atoms with van der Waals surface area (Å²) in [6, 6.07) is 0. The van der Waals surface area contributed by atoms with Crippen molar-refractivity contribution in [3.63, 3.8) is 0 Å². The lowest BCUT2D eigenvalue weighted by molar-refractivity contribution is 0.243. The van der Waals surface area contributed by atoms with Crippen LogP contribution in [0.15, 0.2) is 0 Å². The van der Waals surface area contributed by atoms with Gasteiger partial charge in [0.2, 0.25) is 0 Å². The van der Waals surface area contributed by atoms with Crippen LogP contribution in [0.25, 0.3) is 0 Å². The van der Waals surface area contributed by atoms with Crippen LogP contribution in [-0.4, -0.2) is 37.3 Å². The van der Waals surface area contributed by atoms with Crippen molar-refractivity contribution in [3.8, 4) is 0 Å². The van der Waals surface area contributed by atoms with E-state index < -0.39 is 0 Å². The Balaban J connectivity index is -0.000000125. The molecule has 0 aromatic rings. The van der Waals surface area contributed by atoms with Crippen molar-refractivity contribution in [1.29, 1.82) is 0 Å². The number of nitrogens with zero attached hydrogens (tertiary/aromatic N) is 1. The fourth-order valence-corrected chi connectivity index (χ4v) is 0.200. The van der Waals surface area contributed by atoms with Gasteiger partial charge < -0.3 is 16.2 Å². The van der Waals surface area contributed by atoms with Crippen LogP contribution in [-0.2, 0) is 0 Å². The van der Waals surface area contributed by atoms with E-state index in [9.17, 15) is 0 Å². The molecule has 0 aliphatic carbocycles. The molecule has 0 heterocycles. The molecule has 0 spiro atoms. The largest absolute Gasteiger partial charge is 0.395 e. The Bertz CT molecular complexity index is 35.2. The van der Waals surface area contributed by atoms with Gasteiger partial charge in [-0.1, -0.05) is 0 Å². The van der Waals surface area contributed by atoms with Crippen molar-refractivity contribution < 1.29 is 5.11 Å². The highest BCUT2D eigenvalue weighted by Crippen LogP contribution is 1.66. The monoisotopic (exact) mass is 142 g/mol. The standard InChI is InChI=1S/C4H11NO.ClH.H3N/c1-5(2)3-4-6;;/h6H,3-4H2,1-2H3;1H;1H3. The van der Waals surface area contributed by atoms with E-state index in [1.165, 1.54) is 0 Å². The summed E-state index contributed by atoms with van der Waals surface area (Å²) >= 11 is 0. The predicted octanol–water partition coefficient (Wildman–Crippen LogP) is 0.124. The molecule has 4 N–H and O–H groups in total. The van der Waals surface area contributed by atoms with Gasteiger partial charge in [-0.3, -0.25) is 0 Å². The first kappa shape index (κ1) is 15.7. The molecule has 0 unspecified atom stereocenters. The summed E-state index contributed by atoms with van der Waals surface area (Å²) in [6.07, 6.45) is 0. The van der Waals surface area contributed by atoms with Crippen molar-refractivity contribution in [1.82, 2.24) is 11.1 Å². The van der Waals surface area contributed by atoms with E-state index in [0.29, 0.717) is 0 Å². The smallest absolute Gasteiger partial charge is 0.0558 e.